The van der Waals surface area contributed by atoms with E-state index in [0.717, 1.165) is 11.1 Å². The van der Waals surface area contributed by atoms with Crippen LogP contribution in [-0.4, -0.2) is 22.0 Å². The molecule has 0 unspecified atom stereocenters. The van der Waals surface area contributed by atoms with Crippen molar-refractivity contribution >= 4 is 17.2 Å². The first kappa shape index (κ1) is 18.2. The van der Waals surface area contributed by atoms with Crippen molar-refractivity contribution in [3.63, 3.8) is 0 Å². The number of nitro benzene ring substituents is 1. The number of carbonyl (C=O) groups excluding carboxylic acids is 1. The SMILES string of the molecule is O=C1c2ccccc2CC[C@]12ON=C(c1ccc([N+](=O)[O-])cc1)[C@H]2c1ccccc1. The predicted molar refractivity (Wildman–Crippen MR) is 112 cm³/mol. The highest BCUT2D eigenvalue weighted by Crippen LogP contribution is 2.47. The van der Waals surface area contributed by atoms with Gasteiger partial charge in [0, 0.05) is 29.7 Å². The highest BCUT2D eigenvalue weighted by Gasteiger charge is 2.57. The zero-order valence-corrected chi connectivity index (χ0v) is 16.0. The van der Waals surface area contributed by atoms with Crippen LogP contribution in [-0.2, 0) is 11.3 Å². The third-order valence-corrected chi connectivity index (χ3v) is 5.97. The van der Waals surface area contributed by atoms with E-state index in [1.54, 1.807) is 12.1 Å². The smallest absolute Gasteiger partial charge is 0.269 e. The molecule has 30 heavy (non-hydrogen) atoms. The van der Waals surface area contributed by atoms with E-state index >= 15 is 0 Å². The summed E-state index contributed by atoms with van der Waals surface area (Å²) >= 11 is 0. The normalized spacial score (nSPS) is 22.3. The molecule has 1 spiro atoms. The number of oxime groups is 1. The van der Waals surface area contributed by atoms with Crippen molar-refractivity contribution in [2.24, 2.45) is 5.16 Å². The number of rotatable bonds is 3. The predicted octanol–water partition coefficient (Wildman–Crippen LogP) is 4.68. The van der Waals surface area contributed by atoms with Crippen molar-refractivity contribution in [3.05, 3.63) is 111 Å². The van der Waals surface area contributed by atoms with Crippen LogP contribution in [0.2, 0.25) is 0 Å². The Morgan fingerprint density at radius 3 is 2.40 bits per heavy atom. The number of hydrogen-bond donors (Lipinski definition) is 0. The van der Waals surface area contributed by atoms with Gasteiger partial charge in [0.2, 0.25) is 11.4 Å². The second-order valence-electron chi connectivity index (χ2n) is 7.59. The number of benzene rings is 3. The summed E-state index contributed by atoms with van der Waals surface area (Å²) in [4.78, 5) is 30.2. The molecule has 3 aromatic carbocycles. The lowest BCUT2D eigenvalue weighted by Gasteiger charge is -2.36. The molecule has 0 radical (unpaired) electrons. The van der Waals surface area contributed by atoms with Gasteiger partial charge in [0.15, 0.2) is 0 Å². The fourth-order valence-electron chi connectivity index (χ4n) is 4.49. The number of hydrogen-bond acceptors (Lipinski definition) is 5. The van der Waals surface area contributed by atoms with E-state index in [-0.39, 0.29) is 11.5 Å². The topological polar surface area (TPSA) is 81.8 Å². The van der Waals surface area contributed by atoms with Gasteiger partial charge >= 0.3 is 0 Å². The summed E-state index contributed by atoms with van der Waals surface area (Å²) in [6.07, 6.45) is 1.23. The van der Waals surface area contributed by atoms with E-state index in [1.807, 2.05) is 54.6 Å². The summed E-state index contributed by atoms with van der Waals surface area (Å²) in [6, 6.07) is 23.6. The molecule has 0 bridgehead atoms. The molecule has 0 amide bonds. The Balaban J connectivity index is 1.62. The molecular weight excluding hydrogens is 380 g/mol. The maximum absolute atomic E-state index is 13.7. The van der Waals surface area contributed by atoms with Crippen LogP contribution in [0.5, 0.6) is 0 Å². The molecule has 0 N–H and O–H groups in total. The van der Waals surface area contributed by atoms with E-state index in [4.69, 9.17) is 4.84 Å². The zero-order chi connectivity index (χ0) is 20.7. The van der Waals surface area contributed by atoms with Crippen molar-refractivity contribution in [1.82, 2.24) is 0 Å². The third-order valence-electron chi connectivity index (χ3n) is 5.97. The van der Waals surface area contributed by atoms with Crippen molar-refractivity contribution in [2.75, 3.05) is 0 Å². The highest BCUT2D eigenvalue weighted by atomic mass is 16.7. The van der Waals surface area contributed by atoms with Gasteiger partial charge in [-0.2, -0.15) is 0 Å². The summed E-state index contributed by atoms with van der Waals surface area (Å²) in [5.74, 6) is -0.472. The molecule has 0 fully saturated rings. The van der Waals surface area contributed by atoms with Gasteiger partial charge in [-0.15, -0.1) is 0 Å². The summed E-state index contributed by atoms with van der Waals surface area (Å²) < 4.78 is 0. The first-order valence-electron chi connectivity index (χ1n) is 9.79. The van der Waals surface area contributed by atoms with Crippen LogP contribution in [0.3, 0.4) is 0 Å². The molecule has 6 nitrogen and oxygen atoms in total. The fourth-order valence-corrected chi connectivity index (χ4v) is 4.49. The number of fused-ring (bicyclic) bond motifs is 1. The van der Waals surface area contributed by atoms with Gasteiger partial charge in [-0.1, -0.05) is 59.8 Å². The van der Waals surface area contributed by atoms with Gasteiger partial charge in [0.1, 0.15) is 0 Å². The number of aryl methyl sites for hydroxylation is 1. The molecule has 2 atom stereocenters. The van der Waals surface area contributed by atoms with Crippen molar-refractivity contribution in [2.45, 2.75) is 24.4 Å². The number of nitro groups is 1. The third kappa shape index (κ3) is 2.72. The Morgan fingerprint density at radius 2 is 1.67 bits per heavy atom. The molecule has 1 aliphatic carbocycles. The quantitative estimate of drug-likeness (QED) is 0.474. The minimum absolute atomic E-state index is 0.00640. The second-order valence-corrected chi connectivity index (χ2v) is 7.59. The van der Waals surface area contributed by atoms with Gasteiger partial charge < -0.3 is 4.84 Å². The maximum Gasteiger partial charge on any atom is 0.269 e. The minimum atomic E-state index is -1.12. The Kier molecular flexibility index (Phi) is 4.20. The van der Waals surface area contributed by atoms with Gasteiger partial charge in [0.25, 0.3) is 5.69 Å². The lowest BCUT2D eigenvalue weighted by molar-refractivity contribution is -0.384. The summed E-state index contributed by atoms with van der Waals surface area (Å²) in [7, 11) is 0. The molecule has 1 heterocycles. The fraction of sp³-hybridized carbons (Fsp3) is 0.167. The van der Waals surface area contributed by atoms with Gasteiger partial charge in [-0.3, -0.25) is 14.9 Å². The van der Waals surface area contributed by atoms with Crippen molar-refractivity contribution in [1.29, 1.82) is 0 Å². The number of non-ortho nitro benzene ring substituents is 1. The zero-order valence-electron chi connectivity index (χ0n) is 16.0. The van der Waals surface area contributed by atoms with E-state index in [9.17, 15) is 14.9 Å². The summed E-state index contributed by atoms with van der Waals surface area (Å²) in [6.45, 7) is 0. The van der Waals surface area contributed by atoms with Crippen LogP contribution < -0.4 is 0 Å². The molecule has 0 saturated heterocycles. The van der Waals surface area contributed by atoms with Crippen LogP contribution in [0.25, 0.3) is 0 Å². The van der Waals surface area contributed by atoms with Crippen LogP contribution >= 0.6 is 0 Å². The number of ketones is 1. The Labute approximate surface area is 173 Å². The van der Waals surface area contributed by atoms with Crippen LogP contribution in [0, 0.1) is 10.1 Å². The summed E-state index contributed by atoms with van der Waals surface area (Å²) in [5.41, 5.74) is 2.83. The average Bonchev–Trinajstić information content (AvgIpc) is 3.17. The Bertz CT molecular complexity index is 1170. The largest absolute Gasteiger partial charge is 0.379 e. The molecule has 2 aliphatic rings. The van der Waals surface area contributed by atoms with E-state index in [2.05, 4.69) is 5.16 Å². The first-order valence-corrected chi connectivity index (χ1v) is 9.79. The monoisotopic (exact) mass is 398 g/mol. The second kappa shape index (κ2) is 6.91. The molecule has 5 rings (SSSR count). The van der Waals surface area contributed by atoms with Crippen molar-refractivity contribution in [3.8, 4) is 0 Å². The van der Waals surface area contributed by atoms with E-state index in [1.165, 1.54) is 12.1 Å². The lowest BCUT2D eigenvalue weighted by Crippen LogP contribution is -2.48. The maximum atomic E-state index is 13.7. The Hall–Kier alpha value is -3.80. The number of nitrogens with zero attached hydrogens (tertiary/aromatic N) is 2. The molecule has 3 aromatic rings. The molecule has 0 saturated carbocycles. The standard InChI is InChI=1S/C24H18N2O4/c27-23-20-9-5-4-6-16(20)14-15-24(23)21(17-7-2-1-3-8-17)22(25-30-24)18-10-12-19(13-11-18)26(28)29/h1-13,21H,14-15H2/t21-,24-/m1/s1. The molecule has 148 valence electrons. The van der Waals surface area contributed by atoms with Crippen LogP contribution in [0.15, 0.2) is 84.0 Å². The minimum Gasteiger partial charge on any atom is -0.379 e. The van der Waals surface area contributed by atoms with Crippen molar-refractivity contribution < 1.29 is 14.6 Å². The summed E-state index contributed by atoms with van der Waals surface area (Å²) in [5, 5.41) is 15.4. The van der Waals surface area contributed by atoms with Crippen LogP contribution in [0.4, 0.5) is 5.69 Å². The van der Waals surface area contributed by atoms with Gasteiger partial charge in [-0.25, -0.2) is 0 Å². The molecule has 0 aromatic heterocycles. The van der Waals surface area contributed by atoms with Gasteiger partial charge in [-0.05, 0) is 29.7 Å². The number of Topliss-reactive ketones (excluding diaryl/α,β-unsaturated/α-hetero) is 1. The number of carbonyl (C=O) groups is 1. The average molecular weight is 398 g/mol. The van der Waals surface area contributed by atoms with Gasteiger partial charge in [0.05, 0.1) is 16.6 Å². The van der Waals surface area contributed by atoms with Crippen LogP contribution in [0.1, 0.15) is 39.4 Å². The lowest BCUT2D eigenvalue weighted by atomic mass is 9.68. The highest BCUT2D eigenvalue weighted by molar-refractivity contribution is 6.15. The van der Waals surface area contributed by atoms with E-state index < -0.39 is 16.4 Å². The van der Waals surface area contributed by atoms with E-state index in [0.29, 0.717) is 29.7 Å². The molecule has 1 aliphatic heterocycles. The molecular formula is C24H18N2O4. The molecule has 6 heteroatoms. The first-order chi connectivity index (χ1) is 14.6. The Morgan fingerprint density at radius 1 is 0.967 bits per heavy atom.